The summed E-state index contributed by atoms with van der Waals surface area (Å²) in [5, 5.41) is 20.3. The molecule has 0 aliphatic heterocycles. The number of hydrogen-bond donors (Lipinski definition) is 2. The molecular formula is C18H20O5. The van der Waals surface area contributed by atoms with Crippen LogP contribution in [-0.4, -0.2) is 16.2 Å². The summed E-state index contributed by atoms with van der Waals surface area (Å²) < 4.78 is 5.32. The van der Waals surface area contributed by atoms with Gasteiger partial charge in [-0.05, 0) is 30.9 Å². The fraction of sp³-hybridized carbons (Fsp3) is 0.444. The van der Waals surface area contributed by atoms with Crippen LogP contribution >= 0.6 is 0 Å². The van der Waals surface area contributed by atoms with Gasteiger partial charge in [-0.3, -0.25) is 4.79 Å². The highest BCUT2D eigenvalue weighted by Crippen LogP contribution is 2.41. The Morgan fingerprint density at radius 3 is 2.61 bits per heavy atom. The molecular weight excluding hydrogens is 296 g/mol. The molecule has 1 unspecified atom stereocenters. The molecule has 1 aromatic carbocycles. The van der Waals surface area contributed by atoms with Gasteiger partial charge in [0, 0.05) is 5.92 Å². The molecule has 1 aliphatic rings. The molecule has 1 aromatic heterocycles. The Labute approximate surface area is 133 Å². The minimum atomic E-state index is -0.965. The first-order chi connectivity index (χ1) is 11.1. The van der Waals surface area contributed by atoms with Crippen molar-refractivity contribution in [2.45, 2.75) is 44.4 Å². The summed E-state index contributed by atoms with van der Waals surface area (Å²) in [7, 11) is 0. The van der Waals surface area contributed by atoms with Gasteiger partial charge >= 0.3 is 11.6 Å². The van der Waals surface area contributed by atoms with Gasteiger partial charge < -0.3 is 14.6 Å². The second kappa shape index (κ2) is 6.44. The third-order valence-electron chi connectivity index (χ3n) is 4.80. The molecule has 2 N–H and O–H groups in total. The van der Waals surface area contributed by atoms with Gasteiger partial charge in [-0.25, -0.2) is 4.79 Å². The van der Waals surface area contributed by atoms with Gasteiger partial charge in [0.25, 0.3) is 0 Å². The number of para-hydroxylation sites is 1. The lowest BCUT2D eigenvalue weighted by molar-refractivity contribution is -0.137. The van der Waals surface area contributed by atoms with E-state index in [0.29, 0.717) is 11.0 Å². The average molecular weight is 316 g/mol. The molecule has 1 fully saturated rings. The largest absolute Gasteiger partial charge is 0.507 e. The molecule has 23 heavy (non-hydrogen) atoms. The molecule has 5 nitrogen and oxygen atoms in total. The Morgan fingerprint density at radius 2 is 1.91 bits per heavy atom. The molecule has 3 rings (SSSR count). The molecule has 0 bridgehead atoms. The summed E-state index contributed by atoms with van der Waals surface area (Å²) in [5.41, 5.74) is -0.188. The summed E-state index contributed by atoms with van der Waals surface area (Å²) in [6.45, 7) is 0. The van der Waals surface area contributed by atoms with Crippen LogP contribution in [0.25, 0.3) is 11.0 Å². The van der Waals surface area contributed by atoms with Crippen LogP contribution in [0.2, 0.25) is 0 Å². The highest BCUT2D eigenvalue weighted by atomic mass is 16.4. The van der Waals surface area contributed by atoms with Crippen molar-refractivity contribution in [2.24, 2.45) is 5.92 Å². The molecule has 0 saturated heterocycles. The molecule has 0 amide bonds. The fourth-order valence-corrected chi connectivity index (χ4v) is 3.70. The number of carboxylic acids is 1. The molecule has 5 heteroatoms. The Morgan fingerprint density at radius 1 is 1.22 bits per heavy atom. The van der Waals surface area contributed by atoms with Gasteiger partial charge in [0.1, 0.15) is 11.3 Å². The van der Waals surface area contributed by atoms with E-state index in [0.717, 1.165) is 32.1 Å². The molecule has 1 aliphatic carbocycles. The maximum atomic E-state index is 12.4. The van der Waals surface area contributed by atoms with E-state index in [4.69, 9.17) is 4.42 Å². The van der Waals surface area contributed by atoms with Crippen molar-refractivity contribution in [2.75, 3.05) is 0 Å². The van der Waals surface area contributed by atoms with Gasteiger partial charge in [0.05, 0.1) is 17.4 Å². The van der Waals surface area contributed by atoms with Crippen LogP contribution in [0.4, 0.5) is 0 Å². The van der Waals surface area contributed by atoms with Crippen LogP contribution < -0.4 is 5.63 Å². The van der Waals surface area contributed by atoms with E-state index in [1.807, 2.05) is 0 Å². The number of benzene rings is 1. The van der Waals surface area contributed by atoms with Crippen LogP contribution in [0, 0.1) is 5.92 Å². The lowest BCUT2D eigenvalue weighted by Gasteiger charge is -2.29. The summed E-state index contributed by atoms with van der Waals surface area (Å²) >= 11 is 0. The minimum absolute atomic E-state index is 0.0924. The molecule has 0 spiro atoms. The Hall–Kier alpha value is -2.30. The smallest absolute Gasteiger partial charge is 0.343 e. The average Bonchev–Trinajstić information content (AvgIpc) is 2.54. The van der Waals surface area contributed by atoms with E-state index in [9.17, 15) is 19.8 Å². The quantitative estimate of drug-likeness (QED) is 0.841. The summed E-state index contributed by atoms with van der Waals surface area (Å²) in [6.07, 6.45) is 4.78. The lowest BCUT2D eigenvalue weighted by atomic mass is 9.75. The normalized spacial score (nSPS) is 17.2. The molecule has 1 saturated carbocycles. The number of carbonyl (C=O) groups is 1. The second-order valence-electron chi connectivity index (χ2n) is 6.25. The number of carboxylic acid groups (broad SMARTS) is 1. The van der Waals surface area contributed by atoms with Crippen molar-refractivity contribution in [3.63, 3.8) is 0 Å². The van der Waals surface area contributed by atoms with Crippen molar-refractivity contribution in [3.8, 4) is 5.75 Å². The van der Waals surface area contributed by atoms with Crippen molar-refractivity contribution < 1.29 is 19.4 Å². The SMILES string of the molecule is O=C(O)CC(c1c(O)c2ccccc2oc1=O)C1CCCCC1. The zero-order valence-corrected chi connectivity index (χ0v) is 12.8. The molecule has 2 aromatic rings. The number of aromatic hydroxyl groups is 1. The molecule has 122 valence electrons. The fourth-order valence-electron chi connectivity index (χ4n) is 3.70. The van der Waals surface area contributed by atoms with Gasteiger partial charge in [0.2, 0.25) is 0 Å². The number of fused-ring (bicyclic) bond motifs is 1. The number of hydrogen-bond acceptors (Lipinski definition) is 4. The first kappa shape index (κ1) is 15.6. The standard InChI is InChI=1S/C18H20O5/c19-15(20)10-13(11-6-2-1-3-7-11)16-17(21)12-8-4-5-9-14(12)23-18(16)22/h4-5,8-9,11,13,21H,1-3,6-7,10H2,(H,19,20). The third kappa shape index (κ3) is 3.09. The van der Waals surface area contributed by atoms with E-state index in [2.05, 4.69) is 0 Å². The highest BCUT2D eigenvalue weighted by Gasteiger charge is 2.32. The summed E-state index contributed by atoms with van der Waals surface area (Å²) in [5.74, 6) is -1.51. The Bertz CT molecular complexity index is 771. The predicted octanol–water partition coefficient (Wildman–Crippen LogP) is 3.64. The van der Waals surface area contributed by atoms with Crippen LogP contribution in [-0.2, 0) is 4.79 Å². The molecule has 1 atom stereocenters. The predicted molar refractivity (Wildman–Crippen MR) is 85.7 cm³/mol. The van der Waals surface area contributed by atoms with Crippen molar-refractivity contribution >= 4 is 16.9 Å². The highest BCUT2D eigenvalue weighted by molar-refractivity contribution is 5.84. The van der Waals surface area contributed by atoms with Crippen LogP contribution in [0.3, 0.4) is 0 Å². The summed E-state index contributed by atoms with van der Waals surface area (Å²) in [4.78, 5) is 23.7. The zero-order valence-electron chi connectivity index (χ0n) is 12.8. The van der Waals surface area contributed by atoms with Crippen LogP contribution in [0.1, 0.15) is 50.0 Å². The van der Waals surface area contributed by atoms with Crippen LogP contribution in [0.5, 0.6) is 5.75 Å². The van der Waals surface area contributed by atoms with E-state index < -0.39 is 17.5 Å². The van der Waals surface area contributed by atoms with Crippen molar-refractivity contribution in [3.05, 3.63) is 40.2 Å². The lowest BCUT2D eigenvalue weighted by Crippen LogP contribution is -2.24. The van der Waals surface area contributed by atoms with E-state index >= 15 is 0 Å². The second-order valence-corrected chi connectivity index (χ2v) is 6.25. The monoisotopic (exact) mass is 316 g/mol. The number of rotatable bonds is 4. The van der Waals surface area contributed by atoms with Crippen molar-refractivity contribution in [1.29, 1.82) is 0 Å². The van der Waals surface area contributed by atoms with E-state index in [1.54, 1.807) is 24.3 Å². The van der Waals surface area contributed by atoms with Gasteiger partial charge in [-0.1, -0.05) is 31.4 Å². The zero-order chi connectivity index (χ0) is 16.4. The maximum Gasteiger partial charge on any atom is 0.343 e. The first-order valence-electron chi connectivity index (χ1n) is 8.04. The topological polar surface area (TPSA) is 87.7 Å². The summed E-state index contributed by atoms with van der Waals surface area (Å²) in [6, 6.07) is 6.77. The first-order valence-corrected chi connectivity index (χ1v) is 8.04. The van der Waals surface area contributed by atoms with E-state index in [1.165, 1.54) is 0 Å². The minimum Gasteiger partial charge on any atom is -0.507 e. The van der Waals surface area contributed by atoms with E-state index in [-0.39, 0.29) is 23.7 Å². The number of aliphatic carboxylic acids is 1. The third-order valence-corrected chi connectivity index (χ3v) is 4.80. The van der Waals surface area contributed by atoms with Gasteiger partial charge in [-0.2, -0.15) is 0 Å². The van der Waals surface area contributed by atoms with Gasteiger partial charge in [-0.15, -0.1) is 0 Å². The Balaban J connectivity index is 2.12. The van der Waals surface area contributed by atoms with Crippen LogP contribution in [0.15, 0.2) is 33.5 Å². The molecule has 1 heterocycles. The van der Waals surface area contributed by atoms with Gasteiger partial charge in [0.15, 0.2) is 0 Å². The van der Waals surface area contributed by atoms with Crippen molar-refractivity contribution in [1.82, 2.24) is 0 Å². The Kier molecular flexibility index (Phi) is 4.37. The molecule has 0 radical (unpaired) electrons. The maximum absolute atomic E-state index is 12.4.